The van der Waals surface area contributed by atoms with Crippen LogP contribution in [0, 0.1) is 5.92 Å². The fraction of sp³-hybridized carbons (Fsp3) is 0.643. The second-order valence-electron chi connectivity index (χ2n) is 5.27. The maximum atomic E-state index is 12.4. The van der Waals surface area contributed by atoms with Gasteiger partial charge in [0.05, 0.1) is 12.1 Å². The summed E-state index contributed by atoms with van der Waals surface area (Å²) in [4.78, 5) is 15.9. The van der Waals surface area contributed by atoms with Crippen molar-refractivity contribution in [3.8, 4) is 0 Å². The van der Waals surface area contributed by atoms with E-state index in [1.54, 1.807) is 11.3 Å². The van der Waals surface area contributed by atoms with Crippen LogP contribution in [0.5, 0.6) is 0 Å². The first-order valence-corrected chi connectivity index (χ1v) is 7.56. The fourth-order valence-corrected chi connectivity index (χ4v) is 3.51. The van der Waals surface area contributed by atoms with Crippen LogP contribution in [0.2, 0.25) is 0 Å². The van der Waals surface area contributed by atoms with E-state index in [4.69, 9.17) is 5.73 Å². The van der Waals surface area contributed by atoms with Gasteiger partial charge in [-0.2, -0.15) is 0 Å². The molecule has 2 atom stereocenters. The van der Waals surface area contributed by atoms with E-state index in [0.717, 1.165) is 19.4 Å². The summed E-state index contributed by atoms with van der Waals surface area (Å²) in [5, 5.41) is 2.13. The summed E-state index contributed by atoms with van der Waals surface area (Å²) in [7, 11) is 0. The van der Waals surface area contributed by atoms with Gasteiger partial charge in [0, 0.05) is 11.4 Å². The summed E-state index contributed by atoms with van der Waals surface area (Å²) in [6.07, 6.45) is 1.93. The zero-order valence-electron chi connectivity index (χ0n) is 11.3. The molecule has 18 heavy (non-hydrogen) atoms. The lowest BCUT2D eigenvalue weighted by molar-refractivity contribution is -0.136. The average molecular weight is 266 g/mol. The monoisotopic (exact) mass is 266 g/mol. The van der Waals surface area contributed by atoms with Crippen LogP contribution in [0.25, 0.3) is 0 Å². The highest BCUT2D eigenvalue weighted by atomic mass is 32.1. The first-order valence-electron chi connectivity index (χ1n) is 6.68. The first kappa shape index (κ1) is 13.6. The number of carbonyl (C=O) groups is 1. The molecule has 0 spiro atoms. The summed E-state index contributed by atoms with van der Waals surface area (Å²) in [6.45, 7) is 6.96. The molecule has 0 saturated heterocycles. The number of fused-ring (bicyclic) bond motifs is 1. The third-order valence-corrected chi connectivity index (χ3v) is 4.76. The molecule has 4 heteroatoms. The Bertz CT molecular complexity index is 427. The van der Waals surface area contributed by atoms with Gasteiger partial charge >= 0.3 is 0 Å². The Morgan fingerprint density at radius 3 is 2.94 bits per heavy atom. The van der Waals surface area contributed by atoms with E-state index in [0.29, 0.717) is 0 Å². The third kappa shape index (κ3) is 2.31. The smallest absolute Gasteiger partial charge is 0.240 e. The van der Waals surface area contributed by atoms with Crippen molar-refractivity contribution in [2.45, 2.75) is 45.7 Å². The predicted molar refractivity (Wildman–Crippen MR) is 75.6 cm³/mol. The van der Waals surface area contributed by atoms with Crippen molar-refractivity contribution in [3.05, 3.63) is 21.9 Å². The van der Waals surface area contributed by atoms with Gasteiger partial charge in [-0.05, 0) is 35.8 Å². The number of amides is 1. The van der Waals surface area contributed by atoms with Gasteiger partial charge in [-0.15, -0.1) is 11.3 Å². The van der Waals surface area contributed by atoms with Gasteiger partial charge in [-0.25, -0.2) is 0 Å². The number of rotatable bonds is 3. The van der Waals surface area contributed by atoms with Crippen molar-refractivity contribution in [3.63, 3.8) is 0 Å². The standard InChI is InChI=1S/C14H22N2OS/c1-4-11-10-6-8-18-12(10)5-7-16(11)14(17)13(15)9(2)3/h6,8-9,11,13H,4-5,7,15H2,1-3H3/t11?,13-/m1/s1. The Labute approximate surface area is 113 Å². The van der Waals surface area contributed by atoms with Crippen LogP contribution in [-0.4, -0.2) is 23.4 Å². The van der Waals surface area contributed by atoms with Crippen molar-refractivity contribution < 1.29 is 4.79 Å². The lowest BCUT2D eigenvalue weighted by Crippen LogP contribution is -2.49. The minimum Gasteiger partial charge on any atom is -0.334 e. The molecule has 100 valence electrons. The van der Waals surface area contributed by atoms with Crippen LogP contribution in [0.15, 0.2) is 11.4 Å². The second kappa shape index (κ2) is 5.41. The molecule has 2 N–H and O–H groups in total. The third-order valence-electron chi connectivity index (χ3n) is 3.77. The van der Waals surface area contributed by atoms with Crippen LogP contribution in [0.1, 0.15) is 43.7 Å². The molecule has 1 aliphatic heterocycles. The Hall–Kier alpha value is -0.870. The quantitative estimate of drug-likeness (QED) is 0.914. The lowest BCUT2D eigenvalue weighted by atomic mass is 9.95. The molecule has 0 radical (unpaired) electrons. The largest absolute Gasteiger partial charge is 0.334 e. The number of hydrogen-bond acceptors (Lipinski definition) is 3. The second-order valence-corrected chi connectivity index (χ2v) is 6.28. The summed E-state index contributed by atoms with van der Waals surface area (Å²) in [5.41, 5.74) is 7.35. The summed E-state index contributed by atoms with van der Waals surface area (Å²) in [6, 6.07) is 2.01. The molecule has 0 bridgehead atoms. The highest BCUT2D eigenvalue weighted by molar-refractivity contribution is 7.10. The summed E-state index contributed by atoms with van der Waals surface area (Å²) < 4.78 is 0. The Kier molecular flexibility index (Phi) is 4.07. The van der Waals surface area contributed by atoms with Crippen molar-refractivity contribution >= 4 is 17.2 Å². The molecule has 1 aromatic heterocycles. The molecule has 2 heterocycles. The van der Waals surface area contributed by atoms with Gasteiger partial charge in [-0.3, -0.25) is 4.79 Å². The minimum absolute atomic E-state index is 0.105. The molecule has 2 rings (SSSR count). The fourth-order valence-electron chi connectivity index (χ4n) is 2.58. The Balaban J connectivity index is 2.22. The van der Waals surface area contributed by atoms with E-state index in [9.17, 15) is 4.79 Å². The number of nitrogens with zero attached hydrogens (tertiary/aromatic N) is 1. The van der Waals surface area contributed by atoms with E-state index < -0.39 is 0 Å². The van der Waals surface area contributed by atoms with Crippen molar-refractivity contribution in [2.75, 3.05) is 6.54 Å². The van der Waals surface area contributed by atoms with Gasteiger partial charge in [0.15, 0.2) is 0 Å². The normalized spacial score (nSPS) is 20.9. The molecule has 3 nitrogen and oxygen atoms in total. The molecular formula is C14H22N2OS. The van der Waals surface area contributed by atoms with Gasteiger partial charge < -0.3 is 10.6 Å². The highest BCUT2D eigenvalue weighted by Gasteiger charge is 2.33. The first-order chi connectivity index (χ1) is 8.56. The highest BCUT2D eigenvalue weighted by Crippen LogP contribution is 2.35. The number of nitrogens with two attached hydrogens (primary N) is 1. The van der Waals surface area contributed by atoms with E-state index in [1.165, 1.54) is 10.4 Å². The van der Waals surface area contributed by atoms with E-state index >= 15 is 0 Å². The predicted octanol–water partition coefficient (Wildman–Crippen LogP) is 2.57. The molecule has 1 unspecified atom stereocenters. The minimum atomic E-state index is -0.376. The lowest BCUT2D eigenvalue weighted by Gasteiger charge is -2.37. The molecule has 1 aromatic rings. The van der Waals surface area contributed by atoms with Crippen molar-refractivity contribution in [1.29, 1.82) is 0 Å². The van der Waals surface area contributed by atoms with Crippen LogP contribution in [0.3, 0.4) is 0 Å². The summed E-state index contributed by atoms with van der Waals surface area (Å²) >= 11 is 1.80. The summed E-state index contributed by atoms with van der Waals surface area (Å²) in [5.74, 6) is 0.299. The SMILES string of the molecule is CCC1c2ccsc2CCN1C(=O)[C@H](N)C(C)C. The van der Waals surface area contributed by atoms with Gasteiger partial charge in [0.2, 0.25) is 5.91 Å². The number of thiophene rings is 1. The maximum absolute atomic E-state index is 12.4. The molecule has 0 fully saturated rings. The zero-order valence-corrected chi connectivity index (χ0v) is 12.2. The van der Waals surface area contributed by atoms with Crippen molar-refractivity contribution in [1.82, 2.24) is 4.90 Å². The average Bonchev–Trinajstić information content (AvgIpc) is 2.83. The molecule has 1 amide bonds. The molecular weight excluding hydrogens is 244 g/mol. The van der Waals surface area contributed by atoms with E-state index in [2.05, 4.69) is 18.4 Å². The number of carbonyl (C=O) groups excluding carboxylic acids is 1. The van der Waals surface area contributed by atoms with Gasteiger partial charge in [-0.1, -0.05) is 20.8 Å². The molecule has 0 saturated carbocycles. The molecule has 0 aliphatic carbocycles. The van der Waals surface area contributed by atoms with Gasteiger partial charge in [0.25, 0.3) is 0 Å². The Morgan fingerprint density at radius 2 is 2.33 bits per heavy atom. The van der Waals surface area contributed by atoms with E-state index in [-0.39, 0.29) is 23.9 Å². The number of hydrogen-bond donors (Lipinski definition) is 1. The molecule has 1 aliphatic rings. The van der Waals surface area contributed by atoms with Crippen LogP contribution < -0.4 is 5.73 Å². The zero-order chi connectivity index (χ0) is 13.3. The van der Waals surface area contributed by atoms with Crippen LogP contribution in [0.4, 0.5) is 0 Å². The Morgan fingerprint density at radius 1 is 1.61 bits per heavy atom. The van der Waals surface area contributed by atoms with Crippen molar-refractivity contribution in [2.24, 2.45) is 11.7 Å². The molecule has 0 aromatic carbocycles. The van der Waals surface area contributed by atoms with Gasteiger partial charge in [0.1, 0.15) is 0 Å². The van der Waals surface area contributed by atoms with Crippen LogP contribution in [-0.2, 0) is 11.2 Å². The maximum Gasteiger partial charge on any atom is 0.240 e. The van der Waals surface area contributed by atoms with E-state index in [1.807, 2.05) is 18.7 Å². The topological polar surface area (TPSA) is 46.3 Å². The van der Waals surface area contributed by atoms with Crippen LogP contribution >= 0.6 is 11.3 Å².